The number of pyridine rings is 1. The maximum absolute atomic E-state index is 14.1. The molecule has 0 radical (unpaired) electrons. The summed E-state index contributed by atoms with van der Waals surface area (Å²) in [6.45, 7) is 0. The van der Waals surface area contributed by atoms with Gasteiger partial charge in [0.1, 0.15) is 11.4 Å². The largest absolute Gasteiger partial charge is 0.451 e. The first-order chi connectivity index (χ1) is 21.1. The summed E-state index contributed by atoms with van der Waals surface area (Å²) in [6, 6.07) is 30.4. The maximum Gasteiger partial charge on any atom is 0.334 e. The molecule has 3 heterocycles. The number of β-lactam (4-membered cyclic amide) rings is 1. The summed E-state index contributed by atoms with van der Waals surface area (Å²) in [6.07, 6.45) is 6.60. The van der Waals surface area contributed by atoms with Crippen molar-refractivity contribution in [2.45, 2.75) is 30.0 Å². The van der Waals surface area contributed by atoms with Gasteiger partial charge in [-0.15, -0.1) is 11.8 Å². The predicted molar refractivity (Wildman–Crippen MR) is 166 cm³/mol. The minimum atomic E-state index is -0.978. The quantitative estimate of drug-likeness (QED) is 0.211. The van der Waals surface area contributed by atoms with Gasteiger partial charge in [-0.2, -0.15) is 0 Å². The summed E-state index contributed by atoms with van der Waals surface area (Å²) in [5, 5.41) is 4.33. The third kappa shape index (κ3) is 6.29. The molecule has 3 atom stereocenters. The lowest BCUT2D eigenvalue weighted by Crippen LogP contribution is -2.74. The molecule has 0 bridgehead atoms. The first-order valence-electron chi connectivity index (χ1n) is 14.0. The van der Waals surface area contributed by atoms with Crippen molar-refractivity contribution in [2.75, 3.05) is 0 Å². The summed E-state index contributed by atoms with van der Waals surface area (Å²) >= 11 is 1.41. The van der Waals surface area contributed by atoms with E-state index in [9.17, 15) is 14.4 Å². The molecular weight excluding hydrogens is 558 g/mol. The Bertz CT molecular complexity index is 1610. The Morgan fingerprint density at radius 1 is 0.860 bits per heavy atom. The molecule has 43 heavy (non-hydrogen) atoms. The van der Waals surface area contributed by atoms with Gasteiger partial charge >= 0.3 is 5.97 Å². The van der Waals surface area contributed by atoms with E-state index in [0.717, 1.165) is 22.3 Å². The number of benzene rings is 3. The number of fused-ring (bicyclic) bond motifs is 1. The van der Waals surface area contributed by atoms with Crippen LogP contribution in [0.5, 0.6) is 0 Å². The van der Waals surface area contributed by atoms with E-state index in [1.165, 1.54) is 16.7 Å². The van der Waals surface area contributed by atoms with Crippen LogP contribution in [0.2, 0.25) is 0 Å². The maximum atomic E-state index is 14.1. The molecule has 1 fully saturated rings. The molecule has 3 aromatic carbocycles. The molecule has 2 aliphatic rings. The van der Waals surface area contributed by atoms with Crippen LogP contribution in [0.25, 0.3) is 6.08 Å². The van der Waals surface area contributed by atoms with Gasteiger partial charge in [0, 0.05) is 12.4 Å². The summed E-state index contributed by atoms with van der Waals surface area (Å²) in [5.41, 5.74) is 4.04. The van der Waals surface area contributed by atoms with E-state index in [4.69, 9.17) is 4.74 Å². The lowest BCUT2D eigenvalue weighted by Gasteiger charge is -2.51. The smallest absolute Gasteiger partial charge is 0.334 e. The van der Waals surface area contributed by atoms with Gasteiger partial charge in [0.2, 0.25) is 11.8 Å². The number of carbonyl (C=O) groups is 3. The van der Waals surface area contributed by atoms with Gasteiger partial charge in [0.15, 0.2) is 12.1 Å². The van der Waals surface area contributed by atoms with Gasteiger partial charge in [-0.05, 0) is 45.4 Å². The first kappa shape index (κ1) is 28.2. The third-order valence-corrected chi connectivity index (χ3v) is 8.56. The molecule has 6 rings (SSSR count). The van der Waals surface area contributed by atoms with Crippen LogP contribution in [0.3, 0.4) is 0 Å². The topological polar surface area (TPSA) is 88.6 Å². The van der Waals surface area contributed by atoms with E-state index in [2.05, 4.69) is 10.3 Å². The van der Waals surface area contributed by atoms with Gasteiger partial charge < -0.3 is 15.0 Å². The highest BCUT2D eigenvalue weighted by Gasteiger charge is 2.56. The van der Waals surface area contributed by atoms with Gasteiger partial charge in [0.05, 0.1) is 6.42 Å². The molecule has 7 nitrogen and oxygen atoms in total. The molecule has 2 aliphatic heterocycles. The highest BCUT2D eigenvalue weighted by atomic mass is 32.2. The zero-order valence-electron chi connectivity index (χ0n) is 23.2. The number of rotatable bonds is 9. The Morgan fingerprint density at radius 2 is 1.47 bits per heavy atom. The number of hydrogen-bond donors (Lipinski definition) is 1. The molecule has 0 aliphatic carbocycles. The molecule has 8 heteroatoms. The number of esters is 1. The molecule has 1 aromatic heterocycles. The molecule has 2 amide bonds. The van der Waals surface area contributed by atoms with Crippen LogP contribution in [0.4, 0.5) is 0 Å². The van der Waals surface area contributed by atoms with Crippen LogP contribution in [-0.2, 0) is 25.5 Å². The Hall–Kier alpha value is -4.95. The van der Waals surface area contributed by atoms with Crippen LogP contribution in [-0.4, -0.2) is 45.1 Å². The van der Waals surface area contributed by atoms with Gasteiger partial charge in [0.25, 0.3) is 0 Å². The van der Waals surface area contributed by atoms with Crippen LogP contribution in [0.1, 0.15) is 28.4 Å². The molecule has 4 aromatic rings. The van der Waals surface area contributed by atoms with Crippen LogP contribution in [0.15, 0.2) is 133 Å². The van der Waals surface area contributed by atoms with Crippen molar-refractivity contribution in [1.29, 1.82) is 0 Å². The summed E-state index contributed by atoms with van der Waals surface area (Å²) in [7, 11) is 0. The predicted octanol–water partition coefficient (Wildman–Crippen LogP) is 5.32. The van der Waals surface area contributed by atoms with Gasteiger partial charge in [-0.1, -0.05) is 103 Å². The van der Waals surface area contributed by atoms with Crippen molar-refractivity contribution in [3.05, 3.63) is 155 Å². The normalized spacial score (nSPS) is 19.4. The van der Waals surface area contributed by atoms with Crippen molar-refractivity contribution in [2.24, 2.45) is 0 Å². The molecule has 0 spiro atoms. The monoisotopic (exact) mass is 587 g/mol. The van der Waals surface area contributed by atoms with Crippen LogP contribution < -0.4 is 5.32 Å². The Kier molecular flexibility index (Phi) is 8.47. The second kappa shape index (κ2) is 12.9. The molecule has 0 saturated carbocycles. The highest BCUT2D eigenvalue weighted by Crippen LogP contribution is 2.41. The fourth-order valence-corrected chi connectivity index (χ4v) is 6.43. The fourth-order valence-electron chi connectivity index (χ4n) is 5.23. The average molecular weight is 588 g/mol. The number of ether oxygens (including phenoxy) is 1. The van der Waals surface area contributed by atoms with Crippen molar-refractivity contribution in [3.8, 4) is 0 Å². The van der Waals surface area contributed by atoms with Crippen LogP contribution in [0, 0.1) is 0 Å². The summed E-state index contributed by atoms with van der Waals surface area (Å²) in [4.78, 5) is 46.1. The molecule has 214 valence electrons. The Labute approximate surface area is 254 Å². The van der Waals surface area contributed by atoms with E-state index >= 15 is 0 Å². The number of amides is 2. The second-order valence-electron chi connectivity index (χ2n) is 10.3. The molecule has 2 unspecified atom stereocenters. The second-order valence-corrected chi connectivity index (χ2v) is 11.2. The summed E-state index contributed by atoms with van der Waals surface area (Å²) in [5.74, 6) is -1.11. The lowest BCUT2D eigenvalue weighted by atomic mass is 9.96. The van der Waals surface area contributed by atoms with Crippen molar-refractivity contribution in [1.82, 2.24) is 15.2 Å². The van der Waals surface area contributed by atoms with Crippen LogP contribution >= 0.6 is 11.8 Å². The van der Waals surface area contributed by atoms with E-state index in [1.54, 1.807) is 12.4 Å². The highest BCUT2D eigenvalue weighted by molar-refractivity contribution is 8.03. The fraction of sp³-hybridized carbons (Fsp3) is 0.143. The minimum Gasteiger partial charge on any atom is -0.451 e. The van der Waals surface area contributed by atoms with Crippen molar-refractivity contribution < 1.29 is 19.1 Å². The number of thioether (sulfide) groups is 1. The lowest BCUT2D eigenvalue weighted by molar-refractivity contribution is -0.165. The van der Waals surface area contributed by atoms with E-state index in [0.29, 0.717) is 5.57 Å². The van der Waals surface area contributed by atoms with E-state index in [-0.39, 0.29) is 18.2 Å². The van der Waals surface area contributed by atoms with Crippen molar-refractivity contribution in [3.63, 3.8) is 0 Å². The zero-order chi connectivity index (χ0) is 29.6. The molecule has 1 saturated heterocycles. The number of aromatic nitrogens is 1. The Morgan fingerprint density at radius 3 is 2.09 bits per heavy atom. The SMILES string of the molecule is O=C(Cc1ccccc1)NC1C(=O)N2C(C(=O)OC(c3ccccc3)c3ccccc3)C(/C=C/c3ccncc3)=CS[C@H]12. The number of hydrogen-bond acceptors (Lipinski definition) is 6. The average Bonchev–Trinajstić information content (AvgIpc) is 3.06. The number of nitrogens with one attached hydrogen (secondary N) is 1. The van der Waals surface area contributed by atoms with Gasteiger partial charge in [-0.25, -0.2) is 4.79 Å². The van der Waals surface area contributed by atoms with E-state index < -0.39 is 29.5 Å². The van der Waals surface area contributed by atoms with E-state index in [1.807, 2.05) is 121 Å². The first-order valence-corrected chi connectivity index (χ1v) is 14.9. The Balaban J connectivity index is 1.27. The summed E-state index contributed by atoms with van der Waals surface area (Å²) < 4.78 is 6.23. The minimum absolute atomic E-state index is 0.166. The zero-order valence-corrected chi connectivity index (χ0v) is 24.0. The molecular formula is C35H29N3O4S. The number of nitrogens with zero attached hydrogens (tertiary/aromatic N) is 2. The third-order valence-electron chi connectivity index (χ3n) is 7.38. The molecule has 1 N–H and O–H groups in total. The number of carbonyl (C=O) groups excluding carboxylic acids is 3. The van der Waals surface area contributed by atoms with Crippen molar-refractivity contribution >= 4 is 35.6 Å². The standard InChI is InChI=1S/C35H29N3O4S/c39-29(22-25-10-4-1-5-11-25)37-30-33(40)38-31(28(23-43-34(30)38)17-16-24-18-20-36-21-19-24)35(41)42-32(26-12-6-2-7-13-26)27-14-8-3-9-15-27/h1-21,23,30-32,34H,22H2,(H,37,39)/b17-16+/t30?,31?,34-/m1/s1. The van der Waals surface area contributed by atoms with Gasteiger partial charge in [-0.3, -0.25) is 14.6 Å².